The second-order valence-electron chi connectivity index (χ2n) is 8.46. The van der Waals surface area contributed by atoms with Gasteiger partial charge in [0.15, 0.2) is 5.78 Å². The van der Waals surface area contributed by atoms with Crippen molar-refractivity contribution >= 4 is 34.7 Å². The third-order valence-electron chi connectivity index (χ3n) is 5.72. The predicted octanol–water partition coefficient (Wildman–Crippen LogP) is 6.12. The lowest BCUT2D eigenvalue weighted by Gasteiger charge is -2.22. The highest BCUT2D eigenvalue weighted by atomic mass is 35.5. The lowest BCUT2D eigenvalue weighted by atomic mass is 10.0. The first-order chi connectivity index (χ1) is 17.9. The normalized spacial score (nSPS) is 10.8. The maximum atomic E-state index is 13.3. The van der Waals surface area contributed by atoms with Crippen LogP contribution in [0, 0.1) is 10.1 Å². The van der Waals surface area contributed by atoms with Crippen LogP contribution in [0.25, 0.3) is 0 Å². The predicted molar refractivity (Wildman–Crippen MR) is 144 cm³/mol. The number of rotatable bonds is 10. The van der Waals surface area contributed by atoms with Crippen molar-refractivity contribution in [1.29, 1.82) is 0 Å². The Morgan fingerprint density at radius 2 is 1.35 bits per heavy atom. The summed E-state index contributed by atoms with van der Waals surface area (Å²) in [5, 5.41) is 14.4. The molecule has 0 atom stereocenters. The molecule has 0 spiro atoms. The van der Waals surface area contributed by atoms with Gasteiger partial charge in [-0.05, 0) is 29.3 Å². The van der Waals surface area contributed by atoms with Gasteiger partial charge in [-0.2, -0.15) is 0 Å². The van der Waals surface area contributed by atoms with E-state index in [0.717, 1.165) is 17.2 Å². The van der Waals surface area contributed by atoms with Gasteiger partial charge in [0.05, 0.1) is 27.7 Å². The van der Waals surface area contributed by atoms with Gasteiger partial charge in [-0.3, -0.25) is 24.6 Å². The number of hydrogen-bond donors (Lipinski definition) is 1. The van der Waals surface area contributed by atoms with Crippen LogP contribution in [0.4, 0.5) is 11.4 Å². The summed E-state index contributed by atoms with van der Waals surface area (Å²) in [6.45, 7) is 1.12. The lowest BCUT2D eigenvalue weighted by molar-refractivity contribution is -0.384. The molecule has 0 radical (unpaired) electrons. The number of nitro benzene ring substituents is 1. The van der Waals surface area contributed by atoms with Crippen LogP contribution in [0.1, 0.15) is 27.0 Å². The van der Waals surface area contributed by atoms with Crippen LogP contribution in [-0.2, 0) is 17.9 Å². The molecule has 8 heteroatoms. The first kappa shape index (κ1) is 25.8. The Morgan fingerprint density at radius 3 is 1.92 bits per heavy atom. The molecule has 0 aliphatic rings. The Labute approximate surface area is 219 Å². The van der Waals surface area contributed by atoms with Gasteiger partial charge in [0.25, 0.3) is 5.69 Å². The molecule has 0 fully saturated rings. The van der Waals surface area contributed by atoms with Gasteiger partial charge in [0, 0.05) is 30.8 Å². The van der Waals surface area contributed by atoms with E-state index in [-0.39, 0.29) is 40.0 Å². The average Bonchev–Trinajstić information content (AvgIpc) is 2.90. The summed E-state index contributed by atoms with van der Waals surface area (Å²) < 4.78 is 0. The Kier molecular flexibility index (Phi) is 8.40. The van der Waals surface area contributed by atoms with E-state index in [9.17, 15) is 19.7 Å². The van der Waals surface area contributed by atoms with E-state index < -0.39 is 10.7 Å². The third-order valence-corrected chi connectivity index (χ3v) is 6.05. The van der Waals surface area contributed by atoms with Crippen LogP contribution in [0.15, 0.2) is 103 Å². The van der Waals surface area contributed by atoms with Crippen molar-refractivity contribution in [3.63, 3.8) is 0 Å². The first-order valence-electron chi connectivity index (χ1n) is 11.6. The van der Waals surface area contributed by atoms with Crippen molar-refractivity contribution in [3.05, 3.63) is 141 Å². The molecule has 1 amide bonds. The van der Waals surface area contributed by atoms with Crippen LogP contribution in [-0.4, -0.2) is 28.1 Å². The summed E-state index contributed by atoms with van der Waals surface area (Å²) in [5.41, 5.74) is 2.21. The summed E-state index contributed by atoms with van der Waals surface area (Å²) in [4.78, 5) is 39.2. The van der Waals surface area contributed by atoms with Crippen molar-refractivity contribution in [2.45, 2.75) is 13.1 Å². The van der Waals surface area contributed by atoms with Crippen LogP contribution >= 0.6 is 11.6 Å². The van der Waals surface area contributed by atoms with Gasteiger partial charge in [0.2, 0.25) is 5.91 Å². The minimum Gasteiger partial charge on any atom is -0.324 e. The molecule has 4 aromatic rings. The number of benzene rings is 4. The van der Waals surface area contributed by atoms with Gasteiger partial charge < -0.3 is 5.32 Å². The van der Waals surface area contributed by atoms with Crippen molar-refractivity contribution in [2.24, 2.45) is 0 Å². The minimum atomic E-state index is -0.587. The fraction of sp³-hybridized carbons (Fsp3) is 0.103. The Hall–Kier alpha value is -4.33. The topological polar surface area (TPSA) is 92.6 Å². The van der Waals surface area contributed by atoms with Crippen molar-refractivity contribution in [3.8, 4) is 0 Å². The number of carbonyl (C=O) groups is 2. The number of halogens is 1. The second-order valence-corrected chi connectivity index (χ2v) is 8.87. The monoisotopic (exact) mass is 513 g/mol. The van der Waals surface area contributed by atoms with Crippen molar-refractivity contribution in [1.82, 2.24) is 4.90 Å². The molecular weight excluding hydrogens is 490 g/mol. The van der Waals surface area contributed by atoms with Gasteiger partial charge in [-0.15, -0.1) is 0 Å². The molecule has 0 saturated heterocycles. The third kappa shape index (κ3) is 6.88. The van der Waals surface area contributed by atoms with Gasteiger partial charge in [-0.25, -0.2) is 0 Å². The summed E-state index contributed by atoms with van der Waals surface area (Å²) in [7, 11) is 0. The smallest absolute Gasteiger partial charge is 0.270 e. The zero-order chi connectivity index (χ0) is 26.2. The molecule has 0 unspecified atom stereocenters. The molecule has 186 valence electrons. The van der Waals surface area contributed by atoms with Crippen LogP contribution in [0.5, 0.6) is 0 Å². The number of carbonyl (C=O) groups excluding carboxylic acids is 2. The number of anilines is 1. The molecule has 37 heavy (non-hydrogen) atoms. The molecule has 0 aliphatic heterocycles. The van der Waals surface area contributed by atoms with Gasteiger partial charge in [0.1, 0.15) is 0 Å². The maximum absolute atomic E-state index is 13.3. The van der Waals surface area contributed by atoms with E-state index in [1.54, 1.807) is 18.2 Å². The number of nitrogens with one attached hydrogen (secondary N) is 1. The largest absolute Gasteiger partial charge is 0.324 e. The highest BCUT2D eigenvalue weighted by molar-refractivity contribution is 6.35. The SMILES string of the molecule is O=C(CN(Cc1ccccc1)Cc1ccccc1)Nc1ccc([N+](=O)[O-])cc1C(=O)c1ccccc1Cl. The standard InChI is InChI=1S/C29H24ClN3O4/c30-26-14-8-7-13-24(26)29(35)25-17-23(33(36)37)15-16-27(25)31-28(34)20-32(18-21-9-3-1-4-10-21)19-22-11-5-2-6-12-22/h1-17H,18-20H2,(H,31,34). The Balaban J connectivity index is 1.59. The first-order valence-corrected chi connectivity index (χ1v) is 12.0. The number of non-ortho nitro benzene ring substituents is 1. The van der Waals surface area contributed by atoms with Crippen molar-refractivity contribution in [2.75, 3.05) is 11.9 Å². The highest BCUT2D eigenvalue weighted by Crippen LogP contribution is 2.27. The zero-order valence-corrected chi connectivity index (χ0v) is 20.6. The quantitative estimate of drug-likeness (QED) is 0.157. The molecule has 4 aromatic carbocycles. The lowest BCUT2D eigenvalue weighted by Crippen LogP contribution is -2.33. The molecule has 0 heterocycles. The second kappa shape index (κ2) is 12.1. The Bertz CT molecular complexity index is 1370. The molecule has 0 bridgehead atoms. The molecule has 0 saturated carbocycles. The van der Waals surface area contributed by atoms with Crippen LogP contribution in [0.3, 0.4) is 0 Å². The summed E-state index contributed by atoms with van der Waals surface area (Å²) in [5.74, 6) is -0.871. The van der Waals surface area contributed by atoms with Gasteiger partial charge in [-0.1, -0.05) is 84.4 Å². The molecule has 7 nitrogen and oxygen atoms in total. The summed E-state index contributed by atoms with van der Waals surface area (Å²) in [6.07, 6.45) is 0. The number of amides is 1. The van der Waals surface area contributed by atoms with E-state index in [1.807, 2.05) is 65.6 Å². The molecule has 0 aliphatic carbocycles. The summed E-state index contributed by atoms with van der Waals surface area (Å²) in [6, 6.07) is 29.8. The summed E-state index contributed by atoms with van der Waals surface area (Å²) >= 11 is 6.20. The number of nitrogens with zero attached hydrogens (tertiary/aromatic N) is 2. The highest BCUT2D eigenvalue weighted by Gasteiger charge is 2.22. The van der Waals surface area contributed by atoms with E-state index in [1.165, 1.54) is 18.2 Å². The van der Waals surface area contributed by atoms with E-state index in [2.05, 4.69) is 5.32 Å². The molecular formula is C29H24ClN3O4. The zero-order valence-electron chi connectivity index (χ0n) is 19.8. The molecule has 1 N–H and O–H groups in total. The molecule has 4 rings (SSSR count). The van der Waals surface area contributed by atoms with Crippen LogP contribution < -0.4 is 5.32 Å². The van der Waals surface area contributed by atoms with Crippen molar-refractivity contribution < 1.29 is 14.5 Å². The maximum Gasteiger partial charge on any atom is 0.270 e. The minimum absolute atomic E-state index is 0.00619. The van der Waals surface area contributed by atoms with E-state index >= 15 is 0 Å². The fourth-order valence-corrected chi connectivity index (χ4v) is 4.20. The van der Waals surface area contributed by atoms with Gasteiger partial charge >= 0.3 is 0 Å². The van der Waals surface area contributed by atoms with E-state index in [0.29, 0.717) is 13.1 Å². The average molecular weight is 514 g/mol. The van der Waals surface area contributed by atoms with Crippen LogP contribution in [0.2, 0.25) is 5.02 Å². The molecule has 0 aromatic heterocycles. The van der Waals surface area contributed by atoms with E-state index in [4.69, 9.17) is 11.6 Å². The Morgan fingerprint density at radius 1 is 0.784 bits per heavy atom. The fourth-order valence-electron chi connectivity index (χ4n) is 3.98. The number of ketones is 1. The number of nitro groups is 1. The number of hydrogen-bond acceptors (Lipinski definition) is 5.